The van der Waals surface area contributed by atoms with Crippen LogP contribution >= 0.6 is 0 Å². The van der Waals surface area contributed by atoms with Gasteiger partial charge in [0.15, 0.2) is 0 Å². The zero-order chi connectivity index (χ0) is 12.3. The average Bonchev–Trinajstić information content (AvgIpc) is 3.11. The van der Waals surface area contributed by atoms with Crippen LogP contribution < -0.4 is 5.73 Å². The van der Waals surface area contributed by atoms with Gasteiger partial charge in [-0.15, -0.1) is 0 Å². The minimum Gasteiger partial charge on any atom is -0.330 e. The van der Waals surface area contributed by atoms with Crippen LogP contribution in [0.2, 0.25) is 0 Å². The molecule has 1 saturated carbocycles. The van der Waals surface area contributed by atoms with Gasteiger partial charge in [-0.05, 0) is 38.4 Å². The van der Waals surface area contributed by atoms with E-state index in [1.165, 1.54) is 25.0 Å². The SMILES string of the molecule is NCCCN(Cc1ccc(F)cc1F)C1CC1. The number of rotatable bonds is 6. The van der Waals surface area contributed by atoms with Crippen molar-refractivity contribution >= 4 is 0 Å². The van der Waals surface area contributed by atoms with Crippen molar-refractivity contribution in [3.05, 3.63) is 35.4 Å². The maximum atomic E-state index is 13.5. The highest BCUT2D eigenvalue weighted by atomic mass is 19.1. The molecule has 94 valence electrons. The van der Waals surface area contributed by atoms with Crippen LogP contribution in [-0.4, -0.2) is 24.0 Å². The van der Waals surface area contributed by atoms with Gasteiger partial charge in [0.05, 0.1) is 0 Å². The van der Waals surface area contributed by atoms with E-state index in [9.17, 15) is 8.78 Å². The van der Waals surface area contributed by atoms with Crippen molar-refractivity contribution in [3.63, 3.8) is 0 Å². The molecule has 0 spiro atoms. The number of hydrogen-bond acceptors (Lipinski definition) is 2. The molecule has 1 aliphatic carbocycles. The van der Waals surface area contributed by atoms with E-state index in [2.05, 4.69) is 4.90 Å². The second kappa shape index (κ2) is 5.56. The van der Waals surface area contributed by atoms with E-state index in [-0.39, 0.29) is 0 Å². The fourth-order valence-electron chi connectivity index (χ4n) is 1.99. The molecule has 0 unspecified atom stereocenters. The summed E-state index contributed by atoms with van der Waals surface area (Å²) >= 11 is 0. The summed E-state index contributed by atoms with van der Waals surface area (Å²) in [5.41, 5.74) is 6.06. The van der Waals surface area contributed by atoms with Gasteiger partial charge in [-0.3, -0.25) is 4.90 Å². The monoisotopic (exact) mass is 240 g/mol. The average molecular weight is 240 g/mol. The van der Waals surface area contributed by atoms with Crippen LogP contribution in [-0.2, 0) is 6.54 Å². The largest absolute Gasteiger partial charge is 0.330 e. The van der Waals surface area contributed by atoms with Crippen molar-refractivity contribution in [2.75, 3.05) is 13.1 Å². The van der Waals surface area contributed by atoms with Crippen LogP contribution in [0.4, 0.5) is 8.78 Å². The van der Waals surface area contributed by atoms with Gasteiger partial charge in [0.1, 0.15) is 11.6 Å². The number of nitrogens with zero attached hydrogens (tertiary/aromatic N) is 1. The van der Waals surface area contributed by atoms with Crippen LogP contribution in [0.5, 0.6) is 0 Å². The summed E-state index contributed by atoms with van der Waals surface area (Å²) in [4.78, 5) is 2.24. The number of benzene rings is 1. The lowest BCUT2D eigenvalue weighted by Gasteiger charge is -2.22. The van der Waals surface area contributed by atoms with E-state index in [0.29, 0.717) is 24.7 Å². The lowest BCUT2D eigenvalue weighted by Crippen LogP contribution is -2.28. The van der Waals surface area contributed by atoms with Gasteiger partial charge in [0, 0.05) is 24.2 Å². The zero-order valence-electron chi connectivity index (χ0n) is 9.83. The Morgan fingerprint density at radius 1 is 1.29 bits per heavy atom. The normalized spacial score (nSPS) is 15.5. The van der Waals surface area contributed by atoms with Gasteiger partial charge >= 0.3 is 0 Å². The topological polar surface area (TPSA) is 29.3 Å². The minimum atomic E-state index is -0.522. The molecule has 2 N–H and O–H groups in total. The molecule has 0 saturated heterocycles. The van der Waals surface area contributed by atoms with Gasteiger partial charge in [-0.25, -0.2) is 8.78 Å². The molecule has 0 bridgehead atoms. The Morgan fingerprint density at radius 3 is 2.65 bits per heavy atom. The quantitative estimate of drug-likeness (QED) is 0.826. The smallest absolute Gasteiger partial charge is 0.130 e. The predicted octanol–water partition coefficient (Wildman–Crippen LogP) is 2.28. The molecular formula is C13H18F2N2. The predicted molar refractivity (Wildman–Crippen MR) is 63.5 cm³/mol. The lowest BCUT2D eigenvalue weighted by atomic mass is 10.2. The molecule has 1 aromatic carbocycles. The Bertz CT molecular complexity index is 378. The molecule has 2 rings (SSSR count). The van der Waals surface area contributed by atoms with Gasteiger partial charge in [0.2, 0.25) is 0 Å². The summed E-state index contributed by atoms with van der Waals surface area (Å²) in [6.07, 6.45) is 3.26. The number of nitrogens with two attached hydrogens (primary N) is 1. The minimum absolute atomic E-state index is 0.455. The van der Waals surface area contributed by atoms with Crippen molar-refractivity contribution < 1.29 is 8.78 Å². The fraction of sp³-hybridized carbons (Fsp3) is 0.538. The first-order valence-corrected chi connectivity index (χ1v) is 6.08. The third kappa shape index (κ3) is 3.48. The summed E-state index contributed by atoms with van der Waals surface area (Å²) in [6, 6.07) is 4.35. The molecule has 0 amide bonds. The summed E-state index contributed by atoms with van der Waals surface area (Å²) in [5, 5.41) is 0. The summed E-state index contributed by atoms with van der Waals surface area (Å²) in [6.45, 7) is 2.09. The third-order valence-corrected chi connectivity index (χ3v) is 3.10. The molecule has 0 radical (unpaired) electrons. The number of halogens is 2. The molecule has 1 aliphatic rings. The molecule has 17 heavy (non-hydrogen) atoms. The Kier molecular flexibility index (Phi) is 4.07. The van der Waals surface area contributed by atoms with Crippen LogP contribution in [0.1, 0.15) is 24.8 Å². The molecule has 1 fully saturated rings. The van der Waals surface area contributed by atoms with Crippen molar-refractivity contribution in [1.29, 1.82) is 0 Å². The second-order valence-corrected chi connectivity index (χ2v) is 4.58. The Hall–Kier alpha value is -1.00. The maximum Gasteiger partial charge on any atom is 0.130 e. The first-order valence-electron chi connectivity index (χ1n) is 6.08. The first kappa shape index (κ1) is 12.5. The van der Waals surface area contributed by atoms with E-state index in [1.54, 1.807) is 0 Å². The number of hydrogen-bond donors (Lipinski definition) is 1. The van der Waals surface area contributed by atoms with Crippen LogP contribution in [0.3, 0.4) is 0 Å². The van der Waals surface area contributed by atoms with Crippen LogP contribution in [0, 0.1) is 11.6 Å². The molecule has 0 heterocycles. The molecule has 0 aromatic heterocycles. The van der Waals surface area contributed by atoms with E-state index in [4.69, 9.17) is 5.73 Å². The highest BCUT2D eigenvalue weighted by molar-refractivity contribution is 5.18. The Labute approximate surface area is 100 Å². The summed E-state index contributed by atoms with van der Waals surface area (Å²) in [7, 11) is 0. The lowest BCUT2D eigenvalue weighted by molar-refractivity contribution is 0.249. The van der Waals surface area contributed by atoms with Crippen molar-refractivity contribution in [2.24, 2.45) is 5.73 Å². The highest BCUT2D eigenvalue weighted by Crippen LogP contribution is 2.28. The van der Waals surface area contributed by atoms with Crippen LogP contribution in [0.25, 0.3) is 0 Å². The molecule has 2 nitrogen and oxygen atoms in total. The fourth-order valence-corrected chi connectivity index (χ4v) is 1.99. The van der Waals surface area contributed by atoms with E-state index in [1.807, 2.05) is 0 Å². The first-order chi connectivity index (χ1) is 8.20. The van der Waals surface area contributed by atoms with Gasteiger partial charge in [0.25, 0.3) is 0 Å². The second-order valence-electron chi connectivity index (χ2n) is 4.58. The third-order valence-electron chi connectivity index (χ3n) is 3.10. The Balaban J connectivity index is 2.00. The van der Waals surface area contributed by atoms with Crippen LogP contribution in [0.15, 0.2) is 18.2 Å². The van der Waals surface area contributed by atoms with Gasteiger partial charge in [-0.1, -0.05) is 6.07 Å². The summed E-state index contributed by atoms with van der Waals surface area (Å²) in [5.74, 6) is -0.977. The van der Waals surface area contributed by atoms with Crippen molar-refractivity contribution in [1.82, 2.24) is 4.90 Å². The highest BCUT2D eigenvalue weighted by Gasteiger charge is 2.28. The van der Waals surface area contributed by atoms with Crippen molar-refractivity contribution in [2.45, 2.75) is 31.8 Å². The summed E-state index contributed by atoms with van der Waals surface area (Å²) < 4.78 is 26.3. The zero-order valence-corrected chi connectivity index (χ0v) is 9.83. The van der Waals surface area contributed by atoms with Gasteiger partial charge < -0.3 is 5.73 Å². The van der Waals surface area contributed by atoms with E-state index >= 15 is 0 Å². The molecular weight excluding hydrogens is 222 g/mol. The standard InChI is InChI=1S/C13H18F2N2/c14-11-3-2-10(13(15)8-11)9-17(7-1-6-16)12-4-5-12/h2-3,8,12H,1,4-7,9,16H2. The Morgan fingerprint density at radius 2 is 2.06 bits per heavy atom. The van der Waals surface area contributed by atoms with Crippen molar-refractivity contribution in [3.8, 4) is 0 Å². The van der Waals surface area contributed by atoms with Gasteiger partial charge in [-0.2, -0.15) is 0 Å². The molecule has 1 aromatic rings. The molecule has 0 aliphatic heterocycles. The molecule has 4 heteroatoms. The molecule has 0 atom stereocenters. The maximum absolute atomic E-state index is 13.5. The van der Waals surface area contributed by atoms with E-state index in [0.717, 1.165) is 19.0 Å². The van der Waals surface area contributed by atoms with E-state index < -0.39 is 11.6 Å².